The number of rotatable bonds is 5. The maximum atomic E-state index is 12.3. The molecule has 0 radical (unpaired) electrons. The first-order valence-electron chi connectivity index (χ1n) is 7.33. The van der Waals surface area contributed by atoms with Crippen molar-refractivity contribution in [1.82, 2.24) is 14.9 Å². The average molecular weight is 343 g/mol. The first-order chi connectivity index (χ1) is 11.5. The van der Waals surface area contributed by atoms with Crippen LogP contribution in [-0.4, -0.2) is 26.0 Å². The van der Waals surface area contributed by atoms with Crippen molar-refractivity contribution < 1.29 is 9.21 Å². The summed E-state index contributed by atoms with van der Waals surface area (Å²) in [5.74, 6) is 6.79. The third-order valence-corrected chi connectivity index (χ3v) is 4.43. The predicted octanol–water partition coefficient (Wildman–Crippen LogP) is 2.68. The van der Waals surface area contributed by atoms with E-state index >= 15 is 0 Å². The van der Waals surface area contributed by atoms with Crippen molar-refractivity contribution in [3.05, 3.63) is 48.2 Å². The summed E-state index contributed by atoms with van der Waals surface area (Å²) < 4.78 is 6.58. The topological polar surface area (TPSA) is 99.0 Å². The molecule has 1 amide bonds. The van der Waals surface area contributed by atoms with Gasteiger partial charge in [-0.25, -0.2) is 4.68 Å². The fraction of sp³-hybridized carbons (Fsp3) is 0.188. The van der Waals surface area contributed by atoms with Crippen LogP contribution in [0.1, 0.15) is 12.5 Å². The van der Waals surface area contributed by atoms with Crippen LogP contribution in [0.15, 0.2) is 52.2 Å². The molecule has 0 saturated heterocycles. The molecule has 1 atom stereocenters. The highest BCUT2D eigenvalue weighted by Gasteiger charge is 2.20. The predicted molar refractivity (Wildman–Crippen MR) is 93.0 cm³/mol. The number of aryl methyl sites for hydroxylation is 1. The van der Waals surface area contributed by atoms with E-state index in [0.717, 1.165) is 11.3 Å². The van der Waals surface area contributed by atoms with Gasteiger partial charge in [-0.2, -0.15) is 0 Å². The Kier molecular flexibility index (Phi) is 4.57. The van der Waals surface area contributed by atoms with Gasteiger partial charge in [0.1, 0.15) is 0 Å². The fourth-order valence-corrected chi connectivity index (χ4v) is 2.79. The van der Waals surface area contributed by atoms with Gasteiger partial charge < -0.3 is 15.6 Å². The third-order valence-electron chi connectivity index (χ3n) is 3.38. The standard InChI is InChI=1S/C16H17N5O2S/c1-10-5-7-12(8-6-10)18-15(22)11(2)24-16-20-19-14(21(16)17)13-4-3-9-23-13/h3-9,11H,17H2,1-2H3,(H,18,22)/t11-/m0/s1. The van der Waals surface area contributed by atoms with Crippen molar-refractivity contribution in [2.45, 2.75) is 24.3 Å². The van der Waals surface area contributed by atoms with E-state index < -0.39 is 0 Å². The second kappa shape index (κ2) is 6.79. The van der Waals surface area contributed by atoms with Crippen LogP contribution >= 0.6 is 11.8 Å². The Morgan fingerprint density at radius 3 is 2.71 bits per heavy atom. The third kappa shape index (κ3) is 3.43. The molecule has 2 heterocycles. The van der Waals surface area contributed by atoms with Gasteiger partial charge in [0.15, 0.2) is 5.76 Å². The summed E-state index contributed by atoms with van der Waals surface area (Å²) in [6.07, 6.45) is 1.54. The summed E-state index contributed by atoms with van der Waals surface area (Å²) in [4.78, 5) is 12.3. The second-order valence-corrected chi connectivity index (χ2v) is 6.58. The van der Waals surface area contributed by atoms with Crippen LogP contribution in [0.4, 0.5) is 5.69 Å². The van der Waals surface area contributed by atoms with Gasteiger partial charge in [-0.3, -0.25) is 4.79 Å². The molecule has 0 aliphatic rings. The highest BCUT2D eigenvalue weighted by molar-refractivity contribution is 8.00. The highest BCUT2D eigenvalue weighted by atomic mass is 32.2. The number of nitrogen functional groups attached to an aromatic ring is 1. The van der Waals surface area contributed by atoms with Crippen LogP contribution in [0.3, 0.4) is 0 Å². The lowest BCUT2D eigenvalue weighted by Gasteiger charge is -2.11. The molecular formula is C16H17N5O2S. The number of furan rings is 1. The molecule has 0 unspecified atom stereocenters. The number of anilines is 1. The van der Waals surface area contributed by atoms with Crippen molar-refractivity contribution in [3.63, 3.8) is 0 Å². The largest absolute Gasteiger partial charge is 0.461 e. The Bertz CT molecular complexity index is 827. The van der Waals surface area contributed by atoms with Gasteiger partial charge in [-0.05, 0) is 38.1 Å². The first-order valence-corrected chi connectivity index (χ1v) is 8.21. The van der Waals surface area contributed by atoms with Crippen LogP contribution < -0.4 is 11.2 Å². The lowest BCUT2D eigenvalue weighted by molar-refractivity contribution is -0.115. The Labute approximate surface area is 143 Å². The number of nitrogens with two attached hydrogens (primary N) is 1. The normalized spacial score (nSPS) is 12.1. The van der Waals surface area contributed by atoms with Crippen LogP contribution in [0.25, 0.3) is 11.6 Å². The molecule has 0 saturated carbocycles. The zero-order valence-electron chi connectivity index (χ0n) is 13.3. The smallest absolute Gasteiger partial charge is 0.237 e. The summed E-state index contributed by atoms with van der Waals surface area (Å²) in [5, 5.41) is 10.9. The van der Waals surface area contributed by atoms with E-state index in [-0.39, 0.29) is 11.2 Å². The summed E-state index contributed by atoms with van der Waals surface area (Å²) in [6.45, 7) is 3.78. The number of hydrogen-bond donors (Lipinski definition) is 2. The molecule has 0 bridgehead atoms. The van der Waals surface area contributed by atoms with Crippen LogP contribution in [-0.2, 0) is 4.79 Å². The molecule has 8 heteroatoms. The molecule has 3 rings (SSSR count). The Morgan fingerprint density at radius 1 is 1.29 bits per heavy atom. The average Bonchev–Trinajstić information content (AvgIpc) is 3.20. The van der Waals surface area contributed by atoms with E-state index in [0.29, 0.717) is 16.7 Å². The summed E-state index contributed by atoms with van der Waals surface area (Å²) in [6, 6.07) is 11.1. The SMILES string of the molecule is Cc1ccc(NC(=O)[C@H](C)Sc2nnc(-c3ccco3)n2N)cc1. The Balaban J connectivity index is 1.67. The van der Waals surface area contributed by atoms with Gasteiger partial charge in [0.2, 0.25) is 16.9 Å². The van der Waals surface area contributed by atoms with E-state index in [4.69, 9.17) is 10.3 Å². The number of carbonyl (C=O) groups excluding carboxylic acids is 1. The van der Waals surface area contributed by atoms with Crippen molar-refractivity contribution >= 4 is 23.4 Å². The summed E-state index contributed by atoms with van der Waals surface area (Å²) in [5.41, 5.74) is 1.89. The van der Waals surface area contributed by atoms with Crippen molar-refractivity contribution in [2.24, 2.45) is 0 Å². The molecular weight excluding hydrogens is 326 g/mol. The number of benzene rings is 1. The van der Waals surface area contributed by atoms with E-state index in [1.54, 1.807) is 19.1 Å². The van der Waals surface area contributed by atoms with E-state index in [9.17, 15) is 4.79 Å². The number of hydrogen-bond acceptors (Lipinski definition) is 6. The molecule has 0 fully saturated rings. The van der Waals surface area contributed by atoms with E-state index in [2.05, 4.69) is 15.5 Å². The number of nitrogens with zero attached hydrogens (tertiary/aromatic N) is 3. The minimum atomic E-state index is -0.387. The summed E-state index contributed by atoms with van der Waals surface area (Å²) in [7, 11) is 0. The second-order valence-electron chi connectivity index (χ2n) is 5.27. The van der Waals surface area contributed by atoms with Gasteiger partial charge in [-0.1, -0.05) is 29.5 Å². The first kappa shape index (κ1) is 16.1. The molecule has 0 aliphatic heterocycles. The molecule has 0 aliphatic carbocycles. The maximum absolute atomic E-state index is 12.3. The van der Waals surface area contributed by atoms with Gasteiger partial charge >= 0.3 is 0 Å². The molecule has 3 aromatic rings. The van der Waals surface area contributed by atoms with Crippen LogP contribution in [0.2, 0.25) is 0 Å². The number of carbonyl (C=O) groups is 1. The van der Waals surface area contributed by atoms with Gasteiger partial charge in [0.05, 0.1) is 11.5 Å². The van der Waals surface area contributed by atoms with E-state index in [1.807, 2.05) is 31.2 Å². The van der Waals surface area contributed by atoms with Gasteiger partial charge in [0, 0.05) is 5.69 Å². The minimum Gasteiger partial charge on any atom is -0.461 e. The highest BCUT2D eigenvalue weighted by Crippen LogP contribution is 2.25. The fourth-order valence-electron chi connectivity index (χ4n) is 2.02. The van der Waals surface area contributed by atoms with Crippen molar-refractivity contribution in [1.29, 1.82) is 0 Å². The number of thioether (sulfide) groups is 1. The molecule has 24 heavy (non-hydrogen) atoms. The number of amides is 1. The number of aromatic nitrogens is 3. The lowest BCUT2D eigenvalue weighted by Crippen LogP contribution is -2.23. The Hall–Kier alpha value is -2.74. The molecule has 3 N–H and O–H groups in total. The van der Waals surface area contributed by atoms with Crippen molar-refractivity contribution in [3.8, 4) is 11.6 Å². The van der Waals surface area contributed by atoms with Crippen LogP contribution in [0, 0.1) is 6.92 Å². The van der Waals surface area contributed by atoms with Gasteiger partial charge in [0.25, 0.3) is 0 Å². The molecule has 2 aromatic heterocycles. The monoisotopic (exact) mass is 343 g/mol. The lowest BCUT2D eigenvalue weighted by atomic mass is 10.2. The zero-order chi connectivity index (χ0) is 17.1. The molecule has 124 valence electrons. The molecule has 1 aromatic carbocycles. The zero-order valence-corrected chi connectivity index (χ0v) is 14.1. The van der Waals surface area contributed by atoms with Gasteiger partial charge in [-0.15, -0.1) is 10.2 Å². The van der Waals surface area contributed by atoms with E-state index in [1.165, 1.54) is 22.7 Å². The quantitative estimate of drug-likeness (QED) is 0.546. The van der Waals surface area contributed by atoms with Crippen molar-refractivity contribution in [2.75, 3.05) is 11.2 Å². The molecule has 7 nitrogen and oxygen atoms in total. The summed E-state index contributed by atoms with van der Waals surface area (Å²) >= 11 is 1.23. The molecule has 0 spiro atoms. The number of nitrogens with one attached hydrogen (secondary N) is 1. The minimum absolute atomic E-state index is 0.133. The Morgan fingerprint density at radius 2 is 2.04 bits per heavy atom. The maximum Gasteiger partial charge on any atom is 0.237 e. The van der Waals surface area contributed by atoms with Crippen LogP contribution in [0.5, 0.6) is 0 Å².